The van der Waals surface area contributed by atoms with E-state index in [9.17, 15) is 0 Å². The van der Waals surface area contributed by atoms with Gasteiger partial charge in [-0.25, -0.2) is 0 Å². The average Bonchev–Trinajstić information content (AvgIpc) is 2.75. The first-order valence-corrected chi connectivity index (χ1v) is 4.89. The lowest BCUT2D eigenvalue weighted by molar-refractivity contribution is 0.998. The summed E-state index contributed by atoms with van der Waals surface area (Å²) < 4.78 is 0. The molecule has 0 saturated heterocycles. The van der Waals surface area contributed by atoms with Crippen molar-refractivity contribution in [3.05, 3.63) is 29.5 Å². The third kappa shape index (κ3) is 1.58. The summed E-state index contributed by atoms with van der Waals surface area (Å²) in [6.45, 7) is 4.10. The van der Waals surface area contributed by atoms with E-state index in [0.29, 0.717) is 0 Å². The first kappa shape index (κ1) is 9.71. The van der Waals surface area contributed by atoms with Crippen molar-refractivity contribution in [2.75, 3.05) is 12.4 Å². The topological polar surface area (TPSA) is 53.6 Å². The van der Waals surface area contributed by atoms with Gasteiger partial charge in [0.2, 0.25) is 0 Å². The fraction of sp³-hybridized carbons (Fsp3) is 0.273. The molecule has 2 aromatic heterocycles. The molecule has 4 heteroatoms. The van der Waals surface area contributed by atoms with E-state index in [-0.39, 0.29) is 0 Å². The Kier molecular flexibility index (Phi) is 2.41. The molecule has 15 heavy (non-hydrogen) atoms. The largest absolute Gasteiger partial charge is 0.371 e. The highest BCUT2D eigenvalue weighted by Crippen LogP contribution is 2.23. The van der Waals surface area contributed by atoms with Gasteiger partial charge in [0.15, 0.2) is 5.82 Å². The fourth-order valence-corrected chi connectivity index (χ4v) is 1.58. The summed E-state index contributed by atoms with van der Waals surface area (Å²) in [4.78, 5) is 3.14. The molecule has 0 aliphatic carbocycles. The van der Waals surface area contributed by atoms with Crippen molar-refractivity contribution >= 4 is 5.82 Å². The van der Waals surface area contributed by atoms with E-state index >= 15 is 0 Å². The zero-order chi connectivity index (χ0) is 10.8. The van der Waals surface area contributed by atoms with Gasteiger partial charge in [0.05, 0.1) is 5.69 Å². The number of aromatic nitrogens is 3. The predicted octanol–water partition coefficient (Wildman–Crippen LogP) is 2.13. The van der Waals surface area contributed by atoms with E-state index in [2.05, 4.69) is 27.4 Å². The van der Waals surface area contributed by atoms with Crippen molar-refractivity contribution in [3.63, 3.8) is 0 Å². The fourth-order valence-electron chi connectivity index (χ4n) is 1.58. The van der Waals surface area contributed by atoms with Crippen LogP contribution in [0.4, 0.5) is 5.82 Å². The van der Waals surface area contributed by atoms with Crippen LogP contribution in [0.2, 0.25) is 0 Å². The molecule has 4 nitrogen and oxygen atoms in total. The van der Waals surface area contributed by atoms with Gasteiger partial charge in [0.1, 0.15) is 5.69 Å². The molecule has 2 N–H and O–H groups in total. The smallest absolute Gasteiger partial charge is 0.151 e. The molecule has 0 spiro atoms. The summed E-state index contributed by atoms with van der Waals surface area (Å²) in [6.07, 6.45) is 1.89. The van der Waals surface area contributed by atoms with Crippen LogP contribution in [0.3, 0.4) is 0 Å². The van der Waals surface area contributed by atoms with Gasteiger partial charge < -0.3 is 10.3 Å². The molecule has 0 radical (unpaired) electrons. The van der Waals surface area contributed by atoms with E-state index in [4.69, 9.17) is 0 Å². The second kappa shape index (κ2) is 3.73. The minimum atomic E-state index is 0.836. The van der Waals surface area contributed by atoms with Crippen molar-refractivity contribution in [2.45, 2.75) is 13.8 Å². The number of nitrogens with one attached hydrogen (secondary N) is 2. The molecule has 78 valence electrons. The van der Waals surface area contributed by atoms with Crippen LogP contribution in [-0.4, -0.2) is 22.2 Å². The Morgan fingerprint density at radius 1 is 1.20 bits per heavy atom. The van der Waals surface area contributed by atoms with Gasteiger partial charge in [-0.05, 0) is 37.1 Å². The lowest BCUT2D eigenvalue weighted by atomic mass is 10.1. The van der Waals surface area contributed by atoms with Crippen LogP contribution in [0.15, 0.2) is 18.3 Å². The van der Waals surface area contributed by atoms with Gasteiger partial charge in [0, 0.05) is 13.2 Å². The molecule has 0 unspecified atom stereocenters. The second-order valence-corrected chi connectivity index (χ2v) is 3.48. The van der Waals surface area contributed by atoms with Crippen molar-refractivity contribution in [1.29, 1.82) is 0 Å². The van der Waals surface area contributed by atoms with Crippen molar-refractivity contribution in [1.82, 2.24) is 15.2 Å². The maximum Gasteiger partial charge on any atom is 0.151 e. The molecule has 0 amide bonds. The summed E-state index contributed by atoms with van der Waals surface area (Å²) in [6, 6.07) is 3.95. The van der Waals surface area contributed by atoms with E-state index in [1.54, 1.807) is 0 Å². The van der Waals surface area contributed by atoms with Crippen LogP contribution in [0.25, 0.3) is 11.4 Å². The van der Waals surface area contributed by atoms with Gasteiger partial charge >= 0.3 is 0 Å². The lowest BCUT2D eigenvalue weighted by Crippen LogP contribution is -2.02. The number of hydrogen-bond acceptors (Lipinski definition) is 3. The third-order valence-corrected chi connectivity index (χ3v) is 2.61. The molecule has 0 fully saturated rings. The molecule has 2 heterocycles. The predicted molar refractivity (Wildman–Crippen MR) is 60.8 cm³/mol. The van der Waals surface area contributed by atoms with Crippen molar-refractivity contribution in [2.24, 2.45) is 0 Å². The Morgan fingerprint density at radius 2 is 2.00 bits per heavy atom. The van der Waals surface area contributed by atoms with Crippen LogP contribution >= 0.6 is 0 Å². The SMILES string of the molecule is CNc1nnc(-c2ccc[nH]2)c(C)c1C. The Hall–Kier alpha value is -1.84. The highest BCUT2D eigenvalue weighted by atomic mass is 15.2. The molecule has 0 aliphatic rings. The highest BCUT2D eigenvalue weighted by Gasteiger charge is 2.10. The maximum absolute atomic E-state index is 4.21. The molecule has 0 atom stereocenters. The monoisotopic (exact) mass is 202 g/mol. The lowest BCUT2D eigenvalue weighted by Gasteiger charge is -2.09. The Balaban J connectivity index is 2.56. The average molecular weight is 202 g/mol. The Bertz CT molecular complexity index is 460. The Morgan fingerprint density at radius 3 is 2.60 bits per heavy atom. The number of anilines is 1. The third-order valence-electron chi connectivity index (χ3n) is 2.61. The summed E-state index contributed by atoms with van der Waals surface area (Å²) in [5.74, 6) is 0.836. The minimum absolute atomic E-state index is 0.836. The molecule has 0 bridgehead atoms. The van der Waals surface area contributed by atoms with Gasteiger partial charge in [-0.3, -0.25) is 0 Å². The van der Waals surface area contributed by atoms with E-state index in [1.165, 1.54) is 0 Å². The van der Waals surface area contributed by atoms with E-state index in [1.807, 2.05) is 32.3 Å². The number of rotatable bonds is 2. The molecular weight excluding hydrogens is 188 g/mol. The first-order chi connectivity index (χ1) is 7.24. The molecule has 0 aliphatic heterocycles. The molecular formula is C11H14N4. The van der Waals surface area contributed by atoms with Crippen LogP contribution in [-0.2, 0) is 0 Å². The van der Waals surface area contributed by atoms with Gasteiger partial charge in [-0.2, -0.15) is 0 Å². The zero-order valence-electron chi connectivity index (χ0n) is 9.13. The van der Waals surface area contributed by atoms with Crippen LogP contribution in [0, 0.1) is 13.8 Å². The molecule has 2 rings (SSSR count). The van der Waals surface area contributed by atoms with Gasteiger partial charge in [-0.15, -0.1) is 10.2 Å². The van der Waals surface area contributed by atoms with E-state index < -0.39 is 0 Å². The zero-order valence-corrected chi connectivity index (χ0v) is 9.13. The van der Waals surface area contributed by atoms with Crippen LogP contribution in [0.1, 0.15) is 11.1 Å². The summed E-state index contributed by atoms with van der Waals surface area (Å²) in [5.41, 5.74) is 4.20. The standard InChI is InChI=1S/C11H14N4/c1-7-8(2)11(12-3)15-14-10(7)9-5-4-6-13-9/h4-6,13H,1-3H3,(H,12,15). The van der Waals surface area contributed by atoms with Gasteiger partial charge in [-0.1, -0.05) is 0 Å². The number of aromatic amines is 1. The van der Waals surface area contributed by atoms with Crippen LogP contribution in [0.5, 0.6) is 0 Å². The van der Waals surface area contributed by atoms with Gasteiger partial charge in [0.25, 0.3) is 0 Å². The summed E-state index contributed by atoms with van der Waals surface area (Å²) in [7, 11) is 1.85. The highest BCUT2D eigenvalue weighted by molar-refractivity contribution is 5.63. The quantitative estimate of drug-likeness (QED) is 0.784. The van der Waals surface area contributed by atoms with E-state index in [0.717, 1.165) is 28.3 Å². The molecule has 2 aromatic rings. The van der Waals surface area contributed by atoms with Crippen molar-refractivity contribution in [3.8, 4) is 11.4 Å². The number of nitrogens with zero attached hydrogens (tertiary/aromatic N) is 2. The number of hydrogen-bond donors (Lipinski definition) is 2. The van der Waals surface area contributed by atoms with Crippen LogP contribution < -0.4 is 5.32 Å². The number of H-pyrrole nitrogens is 1. The maximum atomic E-state index is 4.21. The van der Waals surface area contributed by atoms with Crippen molar-refractivity contribution < 1.29 is 0 Å². The molecule has 0 saturated carbocycles. The normalized spacial score (nSPS) is 10.3. The summed E-state index contributed by atoms with van der Waals surface area (Å²) >= 11 is 0. The second-order valence-electron chi connectivity index (χ2n) is 3.48. The summed E-state index contributed by atoms with van der Waals surface area (Å²) in [5, 5.41) is 11.4. The Labute approximate surface area is 88.8 Å². The first-order valence-electron chi connectivity index (χ1n) is 4.89. The molecule has 0 aromatic carbocycles. The minimum Gasteiger partial charge on any atom is -0.371 e.